The zero-order valence-electron chi connectivity index (χ0n) is 22.6. The topological polar surface area (TPSA) is 340 Å². The van der Waals surface area contributed by atoms with E-state index in [9.17, 15) is 50.0 Å². The minimum atomic E-state index is -5.24. The zero-order chi connectivity index (χ0) is 34.3. The summed E-state index contributed by atoms with van der Waals surface area (Å²) < 4.78 is 90.1. The lowest BCUT2D eigenvalue weighted by Crippen LogP contribution is -2.51. The van der Waals surface area contributed by atoms with E-state index in [0.29, 0.717) is 0 Å². The van der Waals surface area contributed by atoms with Crippen molar-refractivity contribution in [3.8, 4) is 22.5 Å². The number of hydrogen-bond acceptors (Lipinski definition) is 13. The third-order valence-corrected chi connectivity index (χ3v) is 8.64. The Hall–Kier alpha value is -4.86. The molecule has 2 aromatic carbocycles. The standard InChI is InChI=1S/C24H20N5O14PS2/c25-14-5-3-11-17(12-4-6-15(26)21(46(39,40)41)19(12)43-18(11)20(14)45(36,37)38)10-2-1-9(7-13(10)24(32)33)22(30)28-16(23(31)29-27)8-42-44(34)35/h1-7,16H,8H2,(H10-,25,26,27,28,29,30,31,32,33,34,35,36,37,38,39,40,41)/p+1. The third-order valence-electron chi connectivity index (χ3n) is 6.41. The van der Waals surface area contributed by atoms with Gasteiger partial charge in [-0.05, 0) is 42.0 Å². The Morgan fingerprint density at radius 1 is 1.00 bits per heavy atom. The smallest absolute Gasteiger partial charge is 0.478 e. The SMILES string of the molecule is N=c1ccc2c(-c3ccc(C(=O)NC(CO[P+](=O)O)C(=O)NN)cc3C(=O)O)c3ccc(N)c(S(=O)(=O)O)c3oc-2c1S(=O)(=O)O. The van der Waals surface area contributed by atoms with Gasteiger partial charge in [-0.3, -0.25) is 29.5 Å². The Morgan fingerprint density at radius 3 is 2.20 bits per heavy atom. The highest BCUT2D eigenvalue weighted by molar-refractivity contribution is 7.86. The molecule has 4 rings (SSSR count). The fourth-order valence-corrected chi connectivity index (χ4v) is 6.30. The molecule has 1 aliphatic heterocycles. The molecule has 1 heterocycles. The quantitative estimate of drug-likeness (QED) is 0.0203. The molecule has 0 bridgehead atoms. The molecule has 0 saturated carbocycles. The number of hydrazine groups is 1. The molecule has 19 nitrogen and oxygen atoms in total. The summed E-state index contributed by atoms with van der Waals surface area (Å²) in [5.41, 5.74) is 4.37. The van der Waals surface area contributed by atoms with Crippen LogP contribution in [-0.4, -0.2) is 66.4 Å². The largest absolute Gasteiger partial charge is 0.694 e. The molecule has 2 amide bonds. The number of carboxylic acids is 1. The van der Waals surface area contributed by atoms with E-state index in [1.807, 2.05) is 0 Å². The van der Waals surface area contributed by atoms with Gasteiger partial charge in [0.15, 0.2) is 21.1 Å². The lowest BCUT2D eigenvalue weighted by Gasteiger charge is -2.20. The Morgan fingerprint density at radius 2 is 1.63 bits per heavy atom. The Bertz CT molecular complexity index is 2220. The van der Waals surface area contributed by atoms with Gasteiger partial charge < -0.3 is 20.6 Å². The number of aromatic carboxylic acids is 1. The van der Waals surface area contributed by atoms with Crippen molar-refractivity contribution in [2.75, 3.05) is 12.3 Å². The summed E-state index contributed by atoms with van der Waals surface area (Å²) >= 11 is 0. The van der Waals surface area contributed by atoms with Crippen LogP contribution in [0.2, 0.25) is 0 Å². The summed E-state index contributed by atoms with van der Waals surface area (Å²) in [5, 5.41) is 19.3. The summed E-state index contributed by atoms with van der Waals surface area (Å²) in [6.07, 6.45) is 0. The summed E-state index contributed by atoms with van der Waals surface area (Å²) in [6, 6.07) is 5.63. The Balaban J connectivity index is 2.06. The lowest BCUT2D eigenvalue weighted by atomic mass is 9.89. The van der Waals surface area contributed by atoms with Crippen LogP contribution in [0.15, 0.2) is 56.7 Å². The van der Waals surface area contributed by atoms with E-state index in [4.69, 9.17) is 26.3 Å². The minimum Gasteiger partial charge on any atom is -0.478 e. The van der Waals surface area contributed by atoms with E-state index < -0.39 is 96.7 Å². The summed E-state index contributed by atoms with van der Waals surface area (Å²) in [5.74, 6) is 0.489. The highest BCUT2D eigenvalue weighted by Gasteiger charge is 2.32. The Labute approximate surface area is 258 Å². The number of carbonyl (C=O) groups is 3. The van der Waals surface area contributed by atoms with Gasteiger partial charge in [-0.15, -0.1) is 9.42 Å². The molecular formula is C24H21N5O14PS2+. The number of anilines is 1. The average Bonchev–Trinajstić information content (AvgIpc) is 2.95. The van der Waals surface area contributed by atoms with Crippen molar-refractivity contribution < 1.29 is 63.8 Å². The van der Waals surface area contributed by atoms with E-state index in [-0.39, 0.29) is 27.6 Å². The molecule has 1 aliphatic carbocycles. The van der Waals surface area contributed by atoms with Crippen LogP contribution < -0.4 is 27.7 Å². The van der Waals surface area contributed by atoms with Crippen molar-refractivity contribution in [2.45, 2.75) is 15.8 Å². The van der Waals surface area contributed by atoms with Gasteiger partial charge in [-0.1, -0.05) is 6.07 Å². The highest BCUT2D eigenvalue weighted by Crippen LogP contribution is 2.45. The van der Waals surface area contributed by atoms with Gasteiger partial charge in [-0.25, -0.2) is 10.6 Å². The summed E-state index contributed by atoms with van der Waals surface area (Å²) in [4.78, 5) is 44.3. The molecule has 2 aromatic rings. The first-order valence-electron chi connectivity index (χ1n) is 12.2. The molecule has 0 fully saturated rings. The van der Waals surface area contributed by atoms with Crippen LogP contribution in [0.1, 0.15) is 20.7 Å². The van der Waals surface area contributed by atoms with Gasteiger partial charge in [0.05, 0.1) is 16.6 Å². The number of nitrogens with one attached hydrogen (secondary N) is 3. The van der Waals surface area contributed by atoms with Crippen LogP contribution in [0, 0.1) is 5.41 Å². The molecular weight excluding hydrogens is 677 g/mol. The first-order chi connectivity index (χ1) is 21.4. The van der Waals surface area contributed by atoms with Crippen molar-refractivity contribution in [3.05, 3.63) is 58.9 Å². The number of carboxylic acid groups (broad SMARTS) is 1. The summed E-state index contributed by atoms with van der Waals surface area (Å²) in [6.45, 7) is -0.802. The molecule has 2 aliphatic rings. The fourth-order valence-electron chi connectivity index (χ4n) is 4.54. The normalized spacial score (nSPS) is 12.9. The molecule has 0 radical (unpaired) electrons. The second kappa shape index (κ2) is 12.5. The first-order valence-corrected chi connectivity index (χ1v) is 16.2. The molecule has 0 aromatic heterocycles. The van der Waals surface area contributed by atoms with Gasteiger partial charge in [0, 0.05) is 26.6 Å². The molecule has 2 unspecified atom stereocenters. The molecule has 11 N–H and O–H groups in total. The van der Waals surface area contributed by atoms with E-state index in [1.165, 1.54) is 6.07 Å². The van der Waals surface area contributed by atoms with Crippen molar-refractivity contribution in [1.29, 1.82) is 5.41 Å². The number of hydrogen-bond donors (Lipinski definition) is 9. The lowest BCUT2D eigenvalue weighted by molar-refractivity contribution is -0.123. The fraction of sp³-hybridized carbons (Fsp3) is 0.0833. The predicted octanol–water partition coefficient (Wildman–Crippen LogP) is 0.212. The molecule has 2 atom stereocenters. The van der Waals surface area contributed by atoms with Gasteiger partial charge in [0.1, 0.15) is 12.6 Å². The third kappa shape index (κ3) is 6.56. The molecule has 0 spiro atoms. The number of benzene rings is 3. The van der Waals surface area contributed by atoms with Crippen LogP contribution >= 0.6 is 8.25 Å². The number of nitrogen functional groups attached to an aromatic ring is 1. The van der Waals surface area contributed by atoms with E-state index >= 15 is 0 Å². The van der Waals surface area contributed by atoms with E-state index in [1.54, 1.807) is 5.43 Å². The zero-order valence-corrected chi connectivity index (χ0v) is 25.1. The van der Waals surface area contributed by atoms with Crippen LogP contribution in [0.3, 0.4) is 0 Å². The van der Waals surface area contributed by atoms with E-state index in [0.717, 1.165) is 36.4 Å². The number of nitrogens with two attached hydrogens (primary N) is 2. The number of rotatable bonds is 10. The monoisotopic (exact) mass is 698 g/mol. The van der Waals surface area contributed by atoms with Gasteiger partial charge in [0.25, 0.3) is 32.1 Å². The molecule has 242 valence electrons. The van der Waals surface area contributed by atoms with Crippen LogP contribution in [0.25, 0.3) is 33.4 Å². The second-order valence-corrected chi connectivity index (χ2v) is 12.7. The van der Waals surface area contributed by atoms with Crippen molar-refractivity contribution >= 4 is 62.9 Å². The van der Waals surface area contributed by atoms with Gasteiger partial charge >= 0.3 is 14.2 Å². The molecule has 0 saturated heterocycles. The molecule has 22 heteroatoms. The van der Waals surface area contributed by atoms with Crippen LogP contribution in [-0.2, 0) is 34.1 Å². The first kappa shape index (κ1) is 34.0. The maximum Gasteiger partial charge on any atom is 0.694 e. The van der Waals surface area contributed by atoms with Gasteiger partial charge in [-0.2, -0.15) is 16.8 Å². The van der Waals surface area contributed by atoms with Crippen molar-refractivity contribution in [2.24, 2.45) is 5.84 Å². The van der Waals surface area contributed by atoms with E-state index in [2.05, 4.69) is 9.84 Å². The average molecular weight is 699 g/mol. The number of amides is 2. The van der Waals surface area contributed by atoms with Crippen LogP contribution in [0.4, 0.5) is 5.69 Å². The maximum absolute atomic E-state index is 13.0. The van der Waals surface area contributed by atoms with Gasteiger partial charge in [0.2, 0.25) is 0 Å². The minimum absolute atomic E-state index is 0.233. The maximum atomic E-state index is 13.0. The van der Waals surface area contributed by atoms with Crippen LogP contribution in [0.5, 0.6) is 0 Å². The molecule has 46 heavy (non-hydrogen) atoms. The number of fused-ring (bicyclic) bond motifs is 2. The predicted molar refractivity (Wildman–Crippen MR) is 154 cm³/mol. The van der Waals surface area contributed by atoms with Crippen molar-refractivity contribution in [3.63, 3.8) is 0 Å². The Kier molecular flexibility index (Phi) is 9.24. The van der Waals surface area contributed by atoms with Crippen molar-refractivity contribution in [1.82, 2.24) is 10.7 Å². The second-order valence-electron chi connectivity index (χ2n) is 9.24. The summed E-state index contributed by atoms with van der Waals surface area (Å²) in [7, 11) is -13.6. The number of carbonyl (C=O) groups excluding carboxylic acids is 2. The highest BCUT2D eigenvalue weighted by atomic mass is 32.2.